The largest absolute Gasteiger partial charge is 0.295 e. The summed E-state index contributed by atoms with van der Waals surface area (Å²) in [5.41, 5.74) is 2.42. The molecule has 8 atom stereocenters. The molecule has 4 aliphatic rings. The number of carbonyl (C=O) groups is 1. The first kappa shape index (κ1) is 21.6. The summed E-state index contributed by atoms with van der Waals surface area (Å²) in [5.74, 6) is 6.57. The van der Waals surface area contributed by atoms with E-state index in [1.807, 2.05) is 0 Å². The lowest BCUT2D eigenvalue weighted by Gasteiger charge is -2.58. The van der Waals surface area contributed by atoms with E-state index in [2.05, 4.69) is 47.6 Å². The number of carbonyl (C=O) groups excluding carboxylic acids is 1. The van der Waals surface area contributed by atoms with Crippen molar-refractivity contribution in [2.24, 2.45) is 52.3 Å². The molecule has 29 heavy (non-hydrogen) atoms. The van der Waals surface area contributed by atoms with Crippen LogP contribution in [0.4, 0.5) is 0 Å². The van der Waals surface area contributed by atoms with Crippen LogP contribution < -0.4 is 0 Å². The van der Waals surface area contributed by atoms with Crippen molar-refractivity contribution in [2.75, 3.05) is 0 Å². The van der Waals surface area contributed by atoms with Crippen LogP contribution in [0.5, 0.6) is 0 Å². The van der Waals surface area contributed by atoms with Crippen LogP contribution in [0.3, 0.4) is 0 Å². The SMILES string of the molecule is CC(C)[C@H](C)CC[C@H](C)C1CCC2C3CCC4=CC(=O)CC[C@]4(C)C3CC[C@@]21C. The van der Waals surface area contributed by atoms with Gasteiger partial charge in [0.15, 0.2) is 5.78 Å². The van der Waals surface area contributed by atoms with Crippen LogP contribution in [0.1, 0.15) is 106 Å². The molecule has 4 rings (SSSR count). The minimum atomic E-state index is 0.328. The van der Waals surface area contributed by atoms with Crippen LogP contribution in [0, 0.1) is 52.3 Å². The van der Waals surface area contributed by atoms with E-state index in [-0.39, 0.29) is 0 Å². The second kappa shape index (κ2) is 7.83. The molecule has 1 heteroatoms. The van der Waals surface area contributed by atoms with Gasteiger partial charge in [-0.1, -0.05) is 60.0 Å². The van der Waals surface area contributed by atoms with E-state index in [4.69, 9.17) is 0 Å². The molecule has 3 fully saturated rings. The molecule has 164 valence electrons. The van der Waals surface area contributed by atoms with Crippen molar-refractivity contribution in [2.45, 2.75) is 106 Å². The van der Waals surface area contributed by atoms with Crippen LogP contribution in [0.15, 0.2) is 11.6 Å². The maximum absolute atomic E-state index is 12.0. The lowest BCUT2D eigenvalue weighted by molar-refractivity contribution is -0.117. The molecule has 0 bridgehead atoms. The van der Waals surface area contributed by atoms with Crippen molar-refractivity contribution < 1.29 is 4.79 Å². The number of allylic oxidation sites excluding steroid dienone is 1. The Kier molecular flexibility index (Phi) is 5.84. The van der Waals surface area contributed by atoms with E-state index in [1.54, 1.807) is 0 Å². The predicted octanol–water partition coefficient (Wildman–Crippen LogP) is 7.84. The Balaban J connectivity index is 1.49. The van der Waals surface area contributed by atoms with Gasteiger partial charge in [0.1, 0.15) is 0 Å². The van der Waals surface area contributed by atoms with Gasteiger partial charge in [0.25, 0.3) is 0 Å². The van der Waals surface area contributed by atoms with E-state index < -0.39 is 0 Å². The van der Waals surface area contributed by atoms with Crippen LogP contribution in [-0.4, -0.2) is 5.78 Å². The normalized spacial score (nSPS) is 44.0. The molecule has 4 aliphatic carbocycles. The summed E-state index contributed by atoms with van der Waals surface area (Å²) in [6, 6.07) is 0. The molecule has 0 aromatic carbocycles. The Hall–Kier alpha value is -0.590. The van der Waals surface area contributed by atoms with Crippen molar-refractivity contribution in [1.82, 2.24) is 0 Å². The molecule has 0 aromatic rings. The Morgan fingerprint density at radius 2 is 1.69 bits per heavy atom. The monoisotopic (exact) mass is 398 g/mol. The molecule has 3 saturated carbocycles. The average molecular weight is 399 g/mol. The highest BCUT2D eigenvalue weighted by molar-refractivity contribution is 5.91. The van der Waals surface area contributed by atoms with Gasteiger partial charge in [-0.05, 0) is 103 Å². The third-order valence-electron chi connectivity index (χ3n) is 10.9. The van der Waals surface area contributed by atoms with Gasteiger partial charge in [-0.15, -0.1) is 0 Å². The molecule has 0 N–H and O–H groups in total. The van der Waals surface area contributed by atoms with Gasteiger partial charge >= 0.3 is 0 Å². The fraction of sp³-hybridized carbons (Fsp3) is 0.893. The Bertz CT molecular complexity index is 659. The predicted molar refractivity (Wildman–Crippen MR) is 123 cm³/mol. The fourth-order valence-corrected chi connectivity index (χ4v) is 8.59. The zero-order chi connectivity index (χ0) is 21.0. The highest BCUT2D eigenvalue weighted by Crippen LogP contribution is 2.67. The third kappa shape index (κ3) is 3.57. The van der Waals surface area contributed by atoms with Crippen molar-refractivity contribution in [3.8, 4) is 0 Å². The van der Waals surface area contributed by atoms with Crippen LogP contribution in [0.25, 0.3) is 0 Å². The van der Waals surface area contributed by atoms with Crippen molar-refractivity contribution in [1.29, 1.82) is 0 Å². The standard InChI is InChI=1S/C28H46O/c1-18(2)19(3)7-8-20(4)24-11-12-25-23-10-9-21-17-22(29)13-15-27(21,5)26(23)14-16-28(24,25)6/h17-20,23-26H,7-16H2,1-6H3/t19-,20+,23?,24?,25?,26?,27+,28-/m1/s1. The molecule has 0 aromatic heterocycles. The first-order chi connectivity index (χ1) is 13.7. The van der Waals surface area contributed by atoms with E-state index >= 15 is 0 Å². The van der Waals surface area contributed by atoms with Gasteiger partial charge < -0.3 is 0 Å². The maximum Gasteiger partial charge on any atom is 0.155 e. The van der Waals surface area contributed by atoms with Gasteiger partial charge in [-0.25, -0.2) is 0 Å². The zero-order valence-electron chi connectivity index (χ0n) is 20.1. The van der Waals surface area contributed by atoms with Crippen molar-refractivity contribution >= 4 is 5.78 Å². The highest BCUT2D eigenvalue weighted by atomic mass is 16.1. The summed E-state index contributed by atoms with van der Waals surface area (Å²) < 4.78 is 0. The molecule has 0 saturated heterocycles. The Morgan fingerprint density at radius 3 is 2.41 bits per heavy atom. The third-order valence-corrected chi connectivity index (χ3v) is 10.9. The summed E-state index contributed by atoms with van der Waals surface area (Å²) in [7, 11) is 0. The first-order valence-corrected chi connectivity index (χ1v) is 12.9. The zero-order valence-corrected chi connectivity index (χ0v) is 20.1. The molecule has 0 aliphatic heterocycles. The second-order valence-corrected chi connectivity index (χ2v) is 12.5. The molecule has 0 radical (unpaired) electrons. The Morgan fingerprint density at radius 1 is 0.931 bits per heavy atom. The van der Waals surface area contributed by atoms with Gasteiger partial charge in [-0.3, -0.25) is 4.79 Å². The summed E-state index contributed by atoms with van der Waals surface area (Å²) >= 11 is 0. The van der Waals surface area contributed by atoms with E-state index in [0.29, 0.717) is 16.6 Å². The minimum absolute atomic E-state index is 0.328. The average Bonchev–Trinajstić information content (AvgIpc) is 3.03. The van der Waals surface area contributed by atoms with E-state index in [1.165, 1.54) is 56.9 Å². The van der Waals surface area contributed by atoms with Gasteiger partial charge in [0, 0.05) is 6.42 Å². The molecular formula is C28H46O. The van der Waals surface area contributed by atoms with Crippen molar-refractivity contribution in [3.63, 3.8) is 0 Å². The number of ketones is 1. The number of hydrogen-bond donors (Lipinski definition) is 0. The summed E-state index contributed by atoms with van der Waals surface area (Å²) in [6.45, 7) is 15.0. The van der Waals surface area contributed by atoms with Gasteiger partial charge in [0.2, 0.25) is 0 Å². The van der Waals surface area contributed by atoms with E-state index in [9.17, 15) is 4.79 Å². The number of fused-ring (bicyclic) bond motifs is 5. The summed E-state index contributed by atoms with van der Waals surface area (Å²) in [5, 5.41) is 0. The van der Waals surface area contributed by atoms with Crippen LogP contribution >= 0.6 is 0 Å². The molecular weight excluding hydrogens is 352 g/mol. The van der Waals surface area contributed by atoms with Gasteiger partial charge in [0.05, 0.1) is 0 Å². The molecule has 4 unspecified atom stereocenters. The minimum Gasteiger partial charge on any atom is -0.295 e. The topological polar surface area (TPSA) is 17.1 Å². The van der Waals surface area contributed by atoms with Crippen molar-refractivity contribution in [3.05, 3.63) is 11.6 Å². The Labute approximate surface area is 180 Å². The van der Waals surface area contributed by atoms with Crippen LogP contribution in [0.2, 0.25) is 0 Å². The molecule has 0 spiro atoms. The van der Waals surface area contributed by atoms with Gasteiger partial charge in [-0.2, -0.15) is 0 Å². The maximum atomic E-state index is 12.0. The molecule has 0 heterocycles. The second-order valence-electron chi connectivity index (χ2n) is 12.5. The molecule has 1 nitrogen and oxygen atoms in total. The highest BCUT2D eigenvalue weighted by Gasteiger charge is 2.59. The fourth-order valence-electron chi connectivity index (χ4n) is 8.59. The quantitative estimate of drug-likeness (QED) is 0.461. The van der Waals surface area contributed by atoms with E-state index in [0.717, 1.165) is 54.3 Å². The lowest BCUT2D eigenvalue weighted by atomic mass is 9.46. The number of hydrogen-bond acceptors (Lipinski definition) is 1. The summed E-state index contributed by atoms with van der Waals surface area (Å²) in [6.07, 6.45) is 15.1. The first-order valence-electron chi connectivity index (χ1n) is 12.9. The summed E-state index contributed by atoms with van der Waals surface area (Å²) in [4.78, 5) is 12.0. The smallest absolute Gasteiger partial charge is 0.155 e. The lowest BCUT2D eigenvalue weighted by Crippen LogP contribution is -2.51. The number of rotatable bonds is 5. The van der Waals surface area contributed by atoms with Crippen LogP contribution in [-0.2, 0) is 4.79 Å². The molecule has 0 amide bonds.